The van der Waals surface area contributed by atoms with E-state index in [0.29, 0.717) is 11.3 Å². The maximum absolute atomic E-state index is 13.7. The maximum atomic E-state index is 13.7. The second-order valence-corrected chi connectivity index (χ2v) is 4.33. The van der Waals surface area contributed by atoms with Crippen LogP contribution in [0.15, 0.2) is 24.4 Å². The van der Waals surface area contributed by atoms with Crippen molar-refractivity contribution in [2.75, 3.05) is 10.6 Å². The van der Waals surface area contributed by atoms with Crippen LogP contribution in [0.1, 0.15) is 25.3 Å². The van der Waals surface area contributed by atoms with Crippen molar-refractivity contribution in [3.8, 4) is 0 Å². The molecule has 0 radical (unpaired) electrons. The van der Waals surface area contributed by atoms with Crippen LogP contribution in [-0.2, 0) is 0 Å². The number of anilines is 2. The number of carbonyl (C=O) groups is 1. The molecule has 0 aliphatic carbocycles. The number of nitrogens with one attached hydrogen (secondary N) is 3. The van der Waals surface area contributed by atoms with Crippen LogP contribution < -0.4 is 10.6 Å². The van der Waals surface area contributed by atoms with Crippen LogP contribution in [0.3, 0.4) is 0 Å². The first-order chi connectivity index (χ1) is 9.06. The van der Waals surface area contributed by atoms with E-state index in [1.165, 1.54) is 12.3 Å². The van der Waals surface area contributed by atoms with Crippen molar-refractivity contribution in [2.24, 2.45) is 0 Å². The fourth-order valence-corrected chi connectivity index (χ4v) is 1.61. The molecule has 1 aromatic heterocycles. The van der Waals surface area contributed by atoms with E-state index in [-0.39, 0.29) is 17.6 Å². The second-order valence-electron chi connectivity index (χ2n) is 4.33. The number of amides is 2. The summed E-state index contributed by atoms with van der Waals surface area (Å²) in [5.41, 5.74) is 0.991. The van der Waals surface area contributed by atoms with Crippen LogP contribution in [0.2, 0.25) is 0 Å². The van der Waals surface area contributed by atoms with Crippen molar-refractivity contribution in [1.29, 1.82) is 0 Å². The Morgan fingerprint density at radius 3 is 2.74 bits per heavy atom. The van der Waals surface area contributed by atoms with E-state index >= 15 is 0 Å². The Bertz CT molecular complexity index is 568. The van der Waals surface area contributed by atoms with Crippen LogP contribution in [-0.4, -0.2) is 21.4 Å². The summed E-state index contributed by atoms with van der Waals surface area (Å²) in [5.74, 6) is 0.0454. The lowest BCUT2D eigenvalue weighted by Crippen LogP contribution is -2.19. The Kier molecular flexibility index (Phi) is 3.74. The molecule has 7 heteroatoms. The average molecular weight is 263 g/mol. The predicted molar refractivity (Wildman–Crippen MR) is 69.5 cm³/mol. The third-order valence-electron chi connectivity index (χ3n) is 2.54. The van der Waals surface area contributed by atoms with Gasteiger partial charge >= 0.3 is 6.03 Å². The van der Waals surface area contributed by atoms with Gasteiger partial charge in [0.15, 0.2) is 5.82 Å². The minimum Gasteiger partial charge on any atom is -0.308 e. The first kappa shape index (κ1) is 13.0. The molecule has 0 bridgehead atoms. The molecule has 0 atom stereocenters. The highest BCUT2D eigenvalue weighted by atomic mass is 19.1. The van der Waals surface area contributed by atoms with Crippen LogP contribution in [0, 0.1) is 5.82 Å². The molecule has 0 unspecified atom stereocenters. The average Bonchev–Trinajstić information content (AvgIpc) is 2.81. The summed E-state index contributed by atoms with van der Waals surface area (Å²) in [6, 6.07) is 4.09. The third kappa shape index (κ3) is 3.27. The van der Waals surface area contributed by atoms with Crippen molar-refractivity contribution < 1.29 is 9.18 Å². The Morgan fingerprint density at radius 2 is 2.16 bits per heavy atom. The normalized spacial score (nSPS) is 10.5. The lowest BCUT2D eigenvalue weighted by atomic mass is 10.0. The van der Waals surface area contributed by atoms with Crippen LogP contribution in [0.25, 0.3) is 0 Å². The van der Waals surface area contributed by atoms with Gasteiger partial charge in [0.05, 0.1) is 6.20 Å². The highest BCUT2D eigenvalue weighted by molar-refractivity contribution is 5.98. The van der Waals surface area contributed by atoms with Crippen LogP contribution in [0.4, 0.5) is 20.7 Å². The molecule has 0 aliphatic rings. The molecule has 0 aliphatic heterocycles. The van der Waals surface area contributed by atoms with Crippen molar-refractivity contribution in [3.63, 3.8) is 0 Å². The summed E-state index contributed by atoms with van der Waals surface area (Å²) in [6.07, 6.45) is 1.36. The van der Waals surface area contributed by atoms with Gasteiger partial charge in [0, 0.05) is 5.69 Å². The van der Waals surface area contributed by atoms with Gasteiger partial charge in [-0.05, 0) is 23.6 Å². The standard InChI is InChI=1S/C12H14FN5O/c1-7(2)9-4-3-8(5-10(9)13)15-12(19)16-11-6-14-18-17-11/h3-7H,1-2H3,(H3,14,15,16,17,18,19). The van der Waals surface area contributed by atoms with E-state index in [0.717, 1.165) is 0 Å². The number of urea groups is 1. The number of rotatable bonds is 3. The fourth-order valence-electron chi connectivity index (χ4n) is 1.61. The molecular formula is C12H14FN5O. The Balaban J connectivity index is 2.03. The van der Waals surface area contributed by atoms with E-state index in [1.54, 1.807) is 12.1 Å². The number of H-pyrrole nitrogens is 1. The maximum Gasteiger partial charge on any atom is 0.324 e. The first-order valence-electron chi connectivity index (χ1n) is 5.79. The zero-order chi connectivity index (χ0) is 13.8. The largest absolute Gasteiger partial charge is 0.324 e. The molecule has 0 fully saturated rings. The zero-order valence-corrected chi connectivity index (χ0v) is 10.6. The van der Waals surface area contributed by atoms with E-state index in [4.69, 9.17) is 0 Å². The molecule has 0 spiro atoms. The molecule has 0 saturated carbocycles. The molecule has 2 aromatic rings. The zero-order valence-electron chi connectivity index (χ0n) is 10.6. The molecule has 3 N–H and O–H groups in total. The molecule has 2 amide bonds. The summed E-state index contributed by atoms with van der Waals surface area (Å²) in [4.78, 5) is 11.6. The van der Waals surface area contributed by atoms with E-state index in [2.05, 4.69) is 26.0 Å². The number of halogens is 1. The lowest BCUT2D eigenvalue weighted by molar-refractivity contribution is 0.262. The highest BCUT2D eigenvalue weighted by Gasteiger charge is 2.09. The van der Waals surface area contributed by atoms with Gasteiger partial charge in [0.25, 0.3) is 0 Å². The summed E-state index contributed by atoms with van der Waals surface area (Å²) < 4.78 is 13.7. The summed E-state index contributed by atoms with van der Waals surface area (Å²) in [7, 11) is 0. The lowest BCUT2D eigenvalue weighted by Gasteiger charge is -2.10. The number of aromatic nitrogens is 3. The van der Waals surface area contributed by atoms with Gasteiger partial charge in [0.1, 0.15) is 5.82 Å². The number of carbonyl (C=O) groups excluding carboxylic acids is 1. The van der Waals surface area contributed by atoms with Crippen LogP contribution >= 0.6 is 0 Å². The number of nitrogens with zero attached hydrogens (tertiary/aromatic N) is 2. The molecule has 0 saturated heterocycles. The minimum absolute atomic E-state index is 0.0954. The van der Waals surface area contributed by atoms with Gasteiger partial charge in [-0.3, -0.25) is 5.32 Å². The Labute approximate surface area is 109 Å². The number of hydrogen-bond acceptors (Lipinski definition) is 3. The molecule has 1 heterocycles. The highest BCUT2D eigenvalue weighted by Crippen LogP contribution is 2.21. The second kappa shape index (κ2) is 5.47. The predicted octanol–water partition coefficient (Wildman–Crippen LogP) is 2.71. The van der Waals surface area contributed by atoms with Crippen LogP contribution in [0.5, 0.6) is 0 Å². The van der Waals surface area contributed by atoms with Gasteiger partial charge in [-0.1, -0.05) is 19.9 Å². The Hall–Kier alpha value is -2.44. The molecule has 1 aromatic carbocycles. The van der Waals surface area contributed by atoms with E-state index < -0.39 is 6.03 Å². The summed E-state index contributed by atoms with van der Waals surface area (Å²) >= 11 is 0. The molecule has 6 nitrogen and oxygen atoms in total. The quantitative estimate of drug-likeness (QED) is 0.796. The fraction of sp³-hybridized carbons (Fsp3) is 0.250. The smallest absolute Gasteiger partial charge is 0.308 e. The Morgan fingerprint density at radius 1 is 1.37 bits per heavy atom. The van der Waals surface area contributed by atoms with Gasteiger partial charge in [-0.25, -0.2) is 9.18 Å². The summed E-state index contributed by atoms with van der Waals surface area (Å²) in [5, 5.41) is 14.6. The van der Waals surface area contributed by atoms with Crippen molar-refractivity contribution in [3.05, 3.63) is 35.8 Å². The van der Waals surface area contributed by atoms with E-state index in [1.807, 2.05) is 13.8 Å². The number of hydrogen-bond donors (Lipinski definition) is 3. The molecular weight excluding hydrogens is 249 g/mol. The number of benzene rings is 1. The molecule has 2 rings (SSSR count). The minimum atomic E-state index is -0.509. The molecule has 19 heavy (non-hydrogen) atoms. The van der Waals surface area contributed by atoms with Gasteiger partial charge in [-0.15, -0.1) is 5.10 Å². The number of aromatic amines is 1. The third-order valence-corrected chi connectivity index (χ3v) is 2.54. The summed E-state index contributed by atoms with van der Waals surface area (Å²) in [6.45, 7) is 3.81. The molecule has 100 valence electrons. The van der Waals surface area contributed by atoms with Crippen molar-refractivity contribution >= 4 is 17.5 Å². The first-order valence-corrected chi connectivity index (χ1v) is 5.79. The van der Waals surface area contributed by atoms with E-state index in [9.17, 15) is 9.18 Å². The van der Waals surface area contributed by atoms with Gasteiger partial charge < -0.3 is 5.32 Å². The van der Waals surface area contributed by atoms with Gasteiger partial charge in [0.2, 0.25) is 0 Å². The topological polar surface area (TPSA) is 82.7 Å². The van der Waals surface area contributed by atoms with Crippen molar-refractivity contribution in [1.82, 2.24) is 15.4 Å². The SMILES string of the molecule is CC(C)c1ccc(NC(=O)Nc2cn[nH]n2)cc1F. The van der Waals surface area contributed by atoms with Crippen molar-refractivity contribution in [2.45, 2.75) is 19.8 Å². The monoisotopic (exact) mass is 263 g/mol. The van der Waals surface area contributed by atoms with Gasteiger partial charge in [-0.2, -0.15) is 10.3 Å².